The molecule has 0 saturated carbocycles. The maximum absolute atomic E-state index is 9.14. The van der Waals surface area contributed by atoms with Crippen molar-refractivity contribution in [2.75, 3.05) is 32.7 Å². The average Bonchev–Trinajstić information content (AvgIpc) is 2.96. The van der Waals surface area contributed by atoms with Gasteiger partial charge >= 0.3 is 0 Å². The van der Waals surface area contributed by atoms with Crippen LogP contribution in [0.3, 0.4) is 0 Å². The molecule has 1 fully saturated rings. The number of nitrogens with zero attached hydrogens (tertiary/aromatic N) is 3. The fourth-order valence-corrected chi connectivity index (χ4v) is 3.49. The number of rotatable bonds is 6. The summed E-state index contributed by atoms with van der Waals surface area (Å²) in [6.07, 6.45) is 5.83. The lowest BCUT2D eigenvalue weighted by atomic mass is 10.1. The number of fused-ring (bicyclic) bond motifs is 1. The fourth-order valence-electron chi connectivity index (χ4n) is 3.49. The molecule has 0 atom stereocenters. The van der Waals surface area contributed by atoms with Crippen molar-refractivity contribution in [3.8, 4) is 6.07 Å². The van der Waals surface area contributed by atoms with Crippen LogP contribution in [0.25, 0.3) is 10.9 Å². The molecule has 2 aromatic rings. The highest BCUT2D eigenvalue weighted by Crippen LogP contribution is 2.24. The quantitative estimate of drug-likeness (QED) is 0.834. The van der Waals surface area contributed by atoms with Crippen molar-refractivity contribution in [1.29, 1.82) is 5.26 Å². The molecule has 0 unspecified atom stereocenters. The van der Waals surface area contributed by atoms with E-state index in [1.54, 1.807) is 0 Å². The molecule has 122 valence electrons. The molecule has 0 radical (unpaired) electrons. The van der Waals surface area contributed by atoms with E-state index in [0.717, 1.165) is 31.6 Å². The third-order valence-corrected chi connectivity index (χ3v) is 4.81. The molecule has 0 spiro atoms. The lowest BCUT2D eigenvalue weighted by Crippen LogP contribution is -2.43. The van der Waals surface area contributed by atoms with Gasteiger partial charge in [-0.1, -0.05) is 0 Å². The van der Waals surface area contributed by atoms with Crippen molar-refractivity contribution in [3.63, 3.8) is 0 Å². The monoisotopic (exact) mass is 310 g/mol. The zero-order chi connectivity index (χ0) is 16.1. The van der Waals surface area contributed by atoms with E-state index in [4.69, 9.17) is 5.26 Å². The maximum atomic E-state index is 9.14. The number of piperazine rings is 1. The Labute approximate surface area is 138 Å². The predicted octanol–water partition coefficient (Wildman–Crippen LogP) is 2.76. The zero-order valence-electron chi connectivity index (χ0n) is 14.0. The van der Waals surface area contributed by atoms with E-state index in [0.29, 0.717) is 0 Å². The lowest BCUT2D eigenvalue weighted by molar-refractivity contribution is 0.237. The summed E-state index contributed by atoms with van der Waals surface area (Å²) in [7, 11) is 0. The van der Waals surface area contributed by atoms with Crippen LogP contribution in [-0.4, -0.2) is 42.2 Å². The van der Waals surface area contributed by atoms with E-state index in [2.05, 4.69) is 40.0 Å². The number of hydrogen-bond donors (Lipinski definition) is 1. The van der Waals surface area contributed by atoms with Gasteiger partial charge in [0, 0.05) is 49.8 Å². The number of aryl methyl sites for hydroxylation is 2. The van der Waals surface area contributed by atoms with Crippen molar-refractivity contribution in [3.05, 3.63) is 35.5 Å². The van der Waals surface area contributed by atoms with Crippen molar-refractivity contribution in [1.82, 2.24) is 14.8 Å². The lowest BCUT2D eigenvalue weighted by Gasteiger charge is -2.26. The Bertz CT molecular complexity index is 689. The van der Waals surface area contributed by atoms with Crippen LogP contribution in [0.2, 0.25) is 0 Å². The second kappa shape index (κ2) is 7.63. The molecule has 4 heteroatoms. The van der Waals surface area contributed by atoms with Gasteiger partial charge in [-0.3, -0.25) is 0 Å². The maximum Gasteiger partial charge on any atom is 0.0991 e. The number of benzene rings is 1. The first-order valence-electron chi connectivity index (χ1n) is 8.76. The molecule has 1 aromatic heterocycles. The minimum Gasteiger partial charge on any atom is -0.347 e. The van der Waals surface area contributed by atoms with Crippen LogP contribution in [0.5, 0.6) is 0 Å². The summed E-state index contributed by atoms with van der Waals surface area (Å²) < 4.78 is 2.29. The van der Waals surface area contributed by atoms with Crippen LogP contribution < -0.4 is 5.32 Å². The first-order valence-corrected chi connectivity index (χ1v) is 8.76. The summed E-state index contributed by atoms with van der Waals surface area (Å²) in [4.78, 5) is 2.56. The Hall–Kier alpha value is -1.83. The van der Waals surface area contributed by atoms with Gasteiger partial charge < -0.3 is 14.8 Å². The number of nitrogens with one attached hydrogen (secondary N) is 1. The van der Waals surface area contributed by atoms with Gasteiger partial charge in [-0.15, -0.1) is 0 Å². The van der Waals surface area contributed by atoms with Gasteiger partial charge in [0.2, 0.25) is 0 Å². The molecule has 3 rings (SSSR count). The molecule has 0 aliphatic carbocycles. The molecular weight excluding hydrogens is 284 g/mol. The van der Waals surface area contributed by atoms with E-state index in [1.165, 1.54) is 48.9 Å². The number of aromatic nitrogens is 1. The molecule has 23 heavy (non-hydrogen) atoms. The van der Waals surface area contributed by atoms with E-state index < -0.39 is 0 Å². The van der Waals surface area contributed by atoms with Crippen LogP contribution in [0.15, 0.2) is 24.4 Å². The molecule has 2 heterocycles. The summed E-state index contributed by atoms with van der Waals surface area (Å²) in [5.74, 6) is 0. The summed E-state index contributed by atoms with van der Waals surface area (Å²) in [6.45, 7) is 8.97. The van der Waals surface area contributed by atoms with Gasteiger partial charge in [0.1, 0.15) is 0 Å². The van der Waals surface area contributed by atoms with E-state index in [1.807, 2.05) is 12.1 Å². The number of unbranched alkanes of at least 4 members (excludes halogenated alkanes) is 1. The summed E-state index contributed by atoms with van der Waals surface area (Å²) in [6, 6.07) is 8.32. The van der Waals surface area contributed by atoms with Crippen molar-refractivity contribution in [2.45, 2.75) is 32.7 Å². The summed E-state index contributed by atoms with van der Waals surface area (Å²) >= 11 is 0. The predicted molar refractivity (Wildman–Crippen MR) is 94.6 cm³/mol. The molecule has 1 aliphatic heterocycles. The van der Waals surface area contributed by atoms with Crippen molar-refractivity contribution >= 4 is 10.9 Å². The Morgan fingerprint density at radius 2 is 2.04 bits per heavy atom. The summed E-state index contributed by atoms with van der Waals surface area (Å²) in [5.41, 5.74) is 3.40. The molecule has 0 bridgehead atoms. The Morgan fingerprint density at radius 3 is 2.78 bits per heavy atom. The molecule has 1 N–H and O–H groups in total. The number of hydrogen-bond acceptors (Lipinski definition) is 3. The normalized spacial score (nSPS) is 15.8. The van der Waals surface area contributed by atoms with Crippen molar-refractivity contribution < 1.29 is 0 Å². The molecule has 4 nitrogen and oxygen atoms in total. The Kier molecular flexibility index (Phi) is 5.32. The summed E-state index contributed by atoms with van der Waals surface area (Å²) in [5, 5.41) is 13.8. The third kappa shape index (κ3) is 3.74. The average molecular weight is 310 g/mol. The standard InChI is InChI=1S/C19H26N4/c1-2-23-15-17(18-13-16(14-20)6-7-19(18)23)5-3-4-10-22-11-8-21-9-12-22/h6-7,13,15,21H,2-5,8-12H2,1H3. The van der Waals surface area contributed by atoms with Gasteiger partial charge in [0.25, 0.3) is 0 Å². The largest absolute Gasteiger partial charge is 0.347 e. The van der Waals surface area contributed by atoms with Crippen LogP contribution in [0.4, 0.5) is 0 Å². The van der Waals surface area contributed by atoms with Crippen molar-refractivity contribution in [2.24, 2.45) is 0 Å². The van der Waals surface area contributed by atoms with Crippen LogP contribution in [-0.2, 0) is 13.0 Å². The zero-order valence-corrected chi connectivity index (χ0v) is 14.0. The van der Waals surface area contributed by atoms with Gasteiger partial charge in [-0.2, -0.15) is 5.26 Å². The van der Waals surface area contributed by atoms with E-state index in [9.17, 15) is 0 Å². The van der Waals surface area contributed by atoms with Gasteiger partial charge in [-0.25, -0.2) is 0 Å². The van der Waals surface area contributed by atoms with Crippen LogP contribution >= 0.6 is 0 Å². The molecule has 0 amide bonds. The molecule has 1 aliphatic rings. The minimum absolute atomic E-state index is 0.758. The van der Waals surface area contributed by atoms with E-state index >= 15 is 0 Å². The minimum atomic E-state index is 0.758. The molecule has 1 aromatic carbocycles. The van der Waals surface area contributed by atoms with Crippen LogP contribution in [0, 0.1) is 11.3 Å². The second-order valence-corrected chi connectivity index (χ2v) is 6.33. The van der Waals surface area contributed by atoms with Gasteiger partial charge in [0.05, 0.1) is 11.6 Å². The smallest absolute Gasteiger partial charge is 0.0991 e. The van der Waals surface area contributed by atoms with Gasteiger partial charge in [-0.05, 0) is 56.5 Å². The highest BCUT2D eigenvalue weighted by atomic mass is 15.2. The van der Waals surface area contributed by atoms with Gasteiger partial charge in [0.15, 0.2) is 0 Å². The highest BCUT2D eigenvalue weighted by molar-refractivity contribution is 5.85. The first-order chi connectivity index (χ1) is 11.3. The van der Waals surface area contributed by atoms with E-state index in [-0.39, 0.29) is 0 Å². The molecular formula is C19H26N4. The third-order valence-electron chi connectivity index (χ3n) is 4.81. The molecule has 1 saturated heterocycles. The fraction of sp³-hybridized carbons (Fsp3) is 0.526. The highest BCUT2D eigenvalue weighted by Gasteiger charge is 2.11. The topological polar surface area (TPSA) is 44.0 Å². The second-order valence-electron chi connectivity index (χ2n) is 6.33. The Morgan fingerprint density at radius 1 is 1.22 bits per heavy atom. The number of nitriles is 1. The SMILES string of the molecule is CCn1cc(CCCCN2CCNCC2)c2cc(C#N)ccc21. The Balaban J connectivity index is 1.63. The first kappa shape index (κ1) is 16.0. The van der Waals surface area contributed by atoms with Crippen LogP contribution in [0.1, 0.15) is 30.9 Å².